The van der Waals surface area contributed by atoms with Crippen molar-refractivity contribution < 1.29 is 5.11 Å². The molecule has 4 rings (SSSR count). The Morgan fingerprint density at radius 2 is 1.14 bits per heavy atom. The third-order valence-corrected chi connectivity index (χ3v) is 6.09. The first-order chi connectivity index (χ1) is 13.9. The summed E-state index contributed by atoms with van der Waals surface area (Å²) in [6.45, 7) is 1.16. The van der Waals surface area contributed by atoms with Crippen molar-refractivity contribution in [3.8, 4) is 0 Å². The minimum atomic E-state index is -0.415. The summed E-state index contributed by atoms with van der Waals surface area (Å²) >= 11 is 0. The molecule has 0 aromatic heterocycles. The molecule has 2 heteroatoms. The highest BCUT2D eigenvalue weighted by atomic mass is 16.3. The van der Waals surface area contributed by atoms with Crippen LogP contribution in [-0.2, 0) is 5.54 Å². The van der Waals surface area contributed by atoms with E-state index >= 15 is 0 Å². The highest BCUT2D eigenvalue weighted by Crippen LogP contribution is 2.44. The molecule has 1 saturated heterocycles. The van der Waals surface area contributed by atoms with Gasteiger partial charge >= 0.3 is 0 Å². The molecular formula is C26H29NO. The van der Waals surface area contributed by atoms with E-state index < -0.39 is 5.54 Å². The van der Waals surface area contributed by atoms with Gasteiger partial charge in [0.15, 0.2) is 0 Å². The van der Waals surface area contributed by atoms with E-state index in [-0.39, 0.29) is 12.6 Å². The lowest BCUT2D eigenvalue weighted by Gasteiger charge is -2.48. The summed E-state index contributed by atoms with van der Waals surface area (Å²) in [7, 11) is 0. The van der Waals surface area contributed by atoms with E-state index in [4.69, 9.17) is 0 Å². The summed E-state index contributed by atoms with van der Waals surface area (Å²) in [5.74, 6) is 0. The second kappa shape index (κ2) is 8.72. The fourth-order valence-electron chi connectivity index (χ4n) is 4.84. The van der Waals surface area contributed by atoms with Crippen LogP contribution in [0.2, 0.25) is 0 Å². The third kappa shape index (κ3) is 3.39. The Labute approximate surface area is 168 Å². The molecule has 1 unspecified atom stereocenters. The Balaban J connectivity index is 2.03. The predicted molar refractivity (Wildman–Crippen MR) is 115 cm³/mol. The van der Waals surface area contributed by atoms with E-state index in [1.165, 1.54) is 29.5 Å². The molecule has 0 bridgehead atoms. The molecule has 0 saturated carbocycles. The predicted octanol–water partition coefficient (Wildman–Crippen LogP) is 5.22. The van der Waals surface area contributed by atoms with Crippen molar-refractivity contribution in [2.24, 2.45) is 0 Å². The molecule has 1 fully saturated rings. The molecule has 144 valence electrons. The molecule has 0 amide bonds. The lowest BCUT2D eigenvalue weighted by atomic mass is 9.74. The fourth-order valence-corrected chi connectivity index (χ4v) is 4.84. The molecular weight excluding hydrogens is 342 g/mol. The van der Waals surface area contributed by atoms with Gasteiger partial charge in [0.2, 0.25) is 0 Å². The Hall–Kier alpha value is -2.42. The van der Waals surface area contributed by atoms with Crippen LogP contribution in [0.3, 0.4) is 0 Å². The number of likely N-dealkylation sites (tertiary alicyclic amines) is 1. The monoisotopic (exact) mass is 371 g/mol. The topological polar surface area (TPSA) is 23.5 Å². The van der Waals surface area contributed by atoms with E-state index in [0.717, 1.165) is 19.4 Å². The van der Waals surface area contributed by atoms with E-state index in [1.54, 1.807) is 0 Å². The first kappa shape index (κ1) is 18.9. The smallest absolute Gasteiger partial charge is 0.0976 e. The quantitative estimate of drug-likeness (QED) is 0.622. The van der Waals surface area contributed by atoms with Crippen molar-refractivity contribution in [1.29, 1.82) is 0 Å². The van der Waals surface area contributed by atoms with Crippen LogP contribution < -0.4 is 0 Å². The van der Waals surface area contributed by atoms with Gasteiger partial charge in [-0.25, -0.2) is 0 Å². The zero-order valence-corrected chi connectivity index (χ0v) is 16.4. The Morgan fingerprint density at radius 3 is 1.57 bits per heavy atom. The van der Waals surface area contributed by atoms with Crippen LogP contribution in [0.1, 0.15) is 42.4 Å². The van der Waals surface area contributed by atoms with Gasteiger partial charge in [0.05, 0.1) is 12.1 Å². The summed E-state index contributed by atoms with van der Waals surface area (Å²) in [5, 5.41) is 10.3. The molecule has 3 aromatic rings. The van der Waals surface area contributed by atoms with Gasteiger partial charge in [0, 0.05) is 12.6 Å². The van der Waals surface area contributed by atoms with Gasteiger partial charge < -0.3 is 5.11 Å². The van der Waals surface area contributed by atoms with Crippen LogP contribution in [0.5, 0.6) is 0 Å². The van der Waals surface area contributed by atoms with Gasteiger partial charge in [-0.05, 0) is 29.5 Å². The molecule has 1 heterocycles. The lowest BCUT2D eigenvalue weighted by Crippen LogP contribution is -2.54. The average molecular weight is 372 g/mol. The SMILES string of the molecule is OCC1CCCCCN1C(c1ccccc1)(c1ccccc1)c1ccccc1. The average Bonchev–Trinajstić information content (AvgIpc) is 3.03. The van der Waals surface area contributed by atoms with Crippen molar-refractivity contribution in [3.63, 3.8) is 0 Å². The highest BCUT2D eigenvalue weighted by molar-refractivity contribution is 5.49. The van der Waals surface area contributed by atoms with Gasteiger partial charge in [0.1, 0.15) is 0 Å². The van der Waals surface area contributed by atoms with Crippen LogP contribution >= 0.6 is 0 Å². The molecule has 1 aliphatic rings. The summed E-state index contributed by atoms with van der Waals surface area (Å²) in [6, 6.07) is 32.6. The van der Waals surface area contributed by atoms with E-state index in [9.17, 15) is 5.11 Å². The second-order valence-electron chi connectivity index (χ2n) is 7.69. The largest absolute Gasteiger partial charge is 0.395 e. The minimum Gasteiger partial charge on any atom is -0.395 e. The minimum absolute atomic E-state index is 0.142. The van der Waals surface area contributed by atoms with Crippen molar-refractivity contribution in [1.82, 2.24) is 4.90 Å². The van der Waals surface area contributed by atoms with Crippen LogP contribution in [0.15, 0.2) is 91.0 Å². The second-order valence-corrected chi connectivity index (χ2v) is 7.69. The molecule has 1 aliphatic heterocycles. The molecule has 1 N–H and O–H groups in total. The maximum atomic E-state index is 10.3. The van der Waals surface area contributed by atoms with Gasteiger partial charge in [-0.3, -0.25) is 4.90 Å². The molecule has 28 heavy (non-hydrogen) atoms. The fraction of sp³-hybridized carbons (Fsp3) is 0.308. The van der Waals surface area contributed by atoms with Gasteiger partial charge in [-0.15, -0.1) is 0 Å². The first-order valence-electron chi connectivity index (χ1n) is 10.4. The van der Waals surface area contributed by atoms with E-state index in [0.29, 0.717) is 0 Å². The van der Waals surface area contributed by atoms with Crippen molar-refractivity contribution >= 4 is 0 Å². The molecule has 0 radical (unpaired) electrons. The van der Waals surface area contributed by atoms with Gasteiger partial charge in [-0.1, -0.05) is 104 Å². The maximum absolute atomic E-state index is 10.3. The zero-order chi connectivity index (χ0) is 19.2. The maximum Gasteiger partial charge on any atom is 0.0976 e. The normalized spacial score (nSPS) is 18.5. The Kier molecular flexibility index (Phi) is 5.90. The molecule has 0 aliphatic carbocycles. The van der Waals surface area contributed by atoms with E-state index in [1.807, 2.05) is 0 Å². The number of aliphatic hydroxyl groups excluding tert-OH is 1. The summed E-state index contributed by atoms with van der Waals surface area (Å²) in [4.78, 5) is 2.57. The first-order valence-corrected chi connectivity index (χ1v) is 10.4. The van der Waals surface area contributed by atoms with Gasteiger partial charge in [-0.2, -0.15) is 0 Å². The lowest BCUT2D eigenvalue weighted by molar-refractivity contribution is 0.0597. The molecule has 3 aromatic carbocycles. The Morgan fingerprint density at radius 1 is 0.679 bits per heavy atom. The van der Waals surface area contributed by atoms with Crippen molar-refractivity contribution in [3.05, 3.63) is 108 Å². The number of benzene rings is 3. The number of aliphatic hydroxyl groups is 1. The number of hydrogen-bond acceptors (Lipinski definition) is 2. The summed E-state index contributed by atoms with van der Waals surface area (Å²) in [5.41, 5.74) is 3.36. The summed E-state index contributed by atoms with van der Waals surface area (Å²) < 4.78 is 0. The highest BCUT2D eigenvalue weighted by Gasteiger charge is 2.44. The zero-order valence-electron chi connectivity index (χ0n) is 16.4. The van der Waals surface area contributed by atoms with Gasteiger partial charge in [0.25, 0.3) is 0 Å². The van der Waals surface area contributed by atoms with Crippen LogP contribution in [-0.4, -0.2) is 29.2 Å². The number of hydrogen-bond donors (Lipinski definition) is 1. The van der Waals surface area contributed by atoms with Crippen LogP contribution in [0.4, 0.5) is 0 Å². The Bertz CT molecular complexity index is 751. The number of nitrogens with zero attached hydrogens (tertiary/aromatic N) is 1. The van der Waals surface area contributed by atoms with Crippen molar-refractivity contribution in [2.45, 2.75) is 37.3 Å². The standard InChI is InChI=1S/C26H29NO/c28-21-25-19-11-4-12-20-27(25)26(22-13-5-1-6-14-22,23-15-7-2-8-16-23)24-17-9-3-10-18-24/h1-3,5-10,13-18,25,28H,4,11-12,19-21H2. The molecule has 0 spiro atoms. The summed E-state index contributed by atoms with van der Waals surface area (Å²) in [6.07, 6.45) is 4.59. The van der Waals surface area contributed by atoms with Crippen molar-refractivity contribution in [2.75, 3.05) is 13.2 Å². The van der Waals surface area contributed by atoms with Crippen LogP contribution in [0, 0.1) is 0 Å². The van der Waals surface area contributed by atoms with Crippen LogP contribution in [0.25, 0.3) is 0 Å². The molecule has 1 atom stereocenters. The van der Waals surface area contributed by atoms with E-state index in [2.05, 4.69) is 95.9 Å². The third-order valence-electron chi connectivity index (χ3n) is 6.09. The number of rotatable bonds is 5. The molecule has 2 nitrogen and oxygen atoms in total.